The van der Waals surface area contributed by atoms with Crippen LogP contribution in [0.2, 0.25) is 0 Å². The molecule has 0 bridgehead atoms. The molecule has 0 unspecified atom stereocenters. The molecular weight excluding hydrogens is 488 g/mol. The van der Waals surface area contributed by atoms with Crippen LogP contribution >= 0.6 is 0 Å². The number of hydrogen-bond acceptors (Lipinski definition) is 7. The fraction of sp³-hybridized carbons (Fsp3) is 0.767. The van der Waals surface area contributed by atoms with Gasteiger partial charge in [0.15, 0.2) is 11.6 Å². The Labute approximate surface area is 224 Å². The third kappa shape index (κ3) is 3.73. The van der Waals surface area contributed by atoms with Gasteiger partial charge < -0.3 is 15.3 Å². The third-order valence-corrected chi connectivity index (χ3v) is 11.4. The molecule has 38 heavy (non-hydrogen) atoms. The summed E-state index contributed by atoms with van der Waals surface area (Å²) in [6.45, 7) is 12.3. The average molecular weight is 531 g/mol. The van der Waals surface area contributed by atoms with E-state index in [9.17, 15) is 39.3 Å². The van der Waals surface area contributed by atoms with Crippen molar-refractivity contribution < 1.29 is 39.3 Å². The number of ketones is 4. The molecule has 0 radical (unpaired) electrons. The number of allylic oxidation sites excluding steroid dienone is 1. The highest BCUT2D eigenvalue weighted by atomic mass is 16.4. The number of aliphatic hydroxyl groups is 2. The van der Waals surface area contributed by atoms with Gasteiger partial charge in [-0.05, 0) is 37.0 Å². The summed E-state index contributed by atoms with van der Waals surface area (Å²) < 4.78 is 0. The summed E-state index contributed by atoms with van der Waals surface area (Å²) in [6, 6.07) is 0. The Morgan fingerprint density at radius 3 is 2.24 bits per heavy atom. The van der Waals surface area contributed by atoms with Crippen molar-refractivity contribution in [3.63, 3.8) is 0 Å². The van der Waals surface area contributed by atoms with Crippen molar-refractivity contribution in [2.45, 2.75) is 105 Å². The second kappa shape index (κ2) is 8.65. The first-order valence-electron chi connectivity index (χ1n) is 13.7. The Balaban J connectivity index is 1.79. The number of carboxylic acids is 1. The molecule has 8 atom stereocenters. The van der Waals surface area contributed by atoms with E-state index in [0.29, 0.717) is 24.0 Å². The van der Waals surface area contributed by atoms with Crippen molar-refractivity contribution in [3.8, 4) is 0 Å². The molecule has 0 aliphatic heterocycles. The number of carbonyl (C=O) groups excluding carboxylic acids is 4. The number of fused-ring (bicyclic) bond motifs is 4. The lowest BCUT2D eigenvalue weighted by Crippen LogP contribution is -2.60. The summed E-state index contributed by atoms with van der Waals surface area (Å²) in [6.07, 6.45) is -0.550. The van der Waals surface area contributed by atoms with Gasteiger partial charge in [0.1, 0.15) is 11.6 Å². The van der Waals surface area contributed by atoms with Crippen LogP contribution < -0.4 is 0 Å². The van der Waals surface area contributed by atoms with Crippen molar-refractivity contribution in [2.24, 2.45) is 39.4 Å². The van der Waals surface area contributed by atoms with E-state index in [1.807, 2.05) is 34.6 Å². The third-order valence-electron chi connectivity index (χ3n) is 11.4. The number of Topliss-reactive ketones (excluding diaryl/α,β-unsaturated/α-hetero) is 4. The van der Waals surface area contributed by atoms with Crippen LogP contribution in [0.4, 0.5) is 0 Å². The first-order chi connectivity index (χ1) is 17.2. The van der Waals surface area contributed by atoms with Crippen molar-refractivity contribution in [3.05, 3.63) is 11.1 Å². The summed E-state index contributed by atoms with van der Waals surface area (Å²) >= 11 is 0. The van der Waals surface area contributed by atoms with E-state index in [0.717, 1.165) is 0 Å². The van der Waals surface area contributed by atoms with Crippen LogP contribution in [-0.4, -0.2) is 56.1 Å². The van der Waals surface area contributed by atoms with Crippen LogP contribution in [0.3, 0.4) is 0 Å². The van der Waals surface area contributed by atoms with Crippen LogP contribution in [0.25, 0.3) is 0 Å². The Morgan fingerprint density at radius 1 is 1.05 bits per heavy atom. The molecule has 0 saturated heterocycles. The number of carboxylic acid groups (broad SMARTS) is 1. The zero-order valence-electron chi connectivity index (χ0n) is 23.6. The monoisotopic (exact) mass is 530 g/mol. The molecule has 8 nitrogen and oxygen atoms in total. The molecule has 0 heterocycles. The normalized spacial score (nSPS) is 40.7. The van der Waals surface area contributed by atoms with Gasteiger partial charge in [0.05, 0.1) is 17.6 Å². The van der Waals surface area contributed by atoms with Crippen molar-refractivity contribution in [1.29, 1.82) is 0 Å². The average Bonchev–Trinajstić information content (AvgIpc) is 2.99. The minimum absolute atomic E-state index is 0.00386. The maximum Gasteiger partial charge on any atom is 0.306 e. The second-order valence-electron chi connectivity index (χ2n) is 14.0. The molecule has 210 valence electrons. The topological polar surface area (TPSA) is 146 Å². The van der Waals surface area contributed by atoms with Gasteiger partial charge in [0.2, 0.25) is 0 Å². The molecule has 3 N–H and O–H groups in total. The van der Waals surface area contributed by atoms with Gasteiger partial charge in [-0.25, -0.2) is 0 Å². The smallest absolute Gasteiger partial charge is 0.306 e. The van der Waals surface area contributed by atoms with E-state index < -0.39 is 57.0 Å². The van der Waals surface area contributed by atoms with E-state index in [-0.39, 0.29) is 55.4 Å². The SMILES string of the molecule is C[C@@H](CC(=O)C[C@@](C)(O)[C@H]1C[C@H](O)[C@@]2(C)C3=C(C(=O)C[C@]12C)[C@@]1(C)CCC(=O)C(C)(C)[C@@H]1CC3=O)C(=O)O. The molecule has 0 aromatic heterocycles. The summed E-state index contributed by atoms with van der Waals surface area (Å²) in [5.41, 5.74) is -4.39. The zero-order valence-corrected chi connectivity index (χ0v) is 23.6. The van der Waals surface area contributed by atoms with Crippen LogP contribution in [0.1, 0.15) is 93.4 Å². The van der Waals surface area contributed by atoms with Gasteiger partial charge in [0, 0.05) is 59.5 Å². The Bertz CT molecular complexity index is 1160. The predicted molar refractivity (Wildman–Crippen MR) is 138 cm³/mol. The highest BCUT2D eigenvalue weighted by molar-refractivity contribution is 6.12. The fourth-order valence-corrected chi connectivity index (χ4v) is 8.97. The van der Waals surface area contributed by atoms with Gasteiger partial charge in [-0.15, -0.1) is 0 Å². The van der Waals surface area contributed by atoms with Gasteiger partial charge >= 0.3 is 5.97 Å². The standard InChI is InChI=1S/C30H42O8/c1-15(25(36)37)10-16(31)13-29(6,38)20-12-22(35)30(7)24-17(32)11-19-26(2,3)21(34)8-9-27(19,4)23(24)18(33)14-28(20,30)5/h15,19-20,22,35,38H,8-14H2,1-7H3,(H,36,37)/t15-,19-,20-,22-,27-,28+,29+,30-/m0/s1. The summed E-state index contributed by atoms with van der Waals surface area (Å²) in [4.78, 5) is 64.7. The van der Waals surface area contributed by atoms with E-state index >= 15 is 0 Å². The molecule has 4 rings (SSSR count). The molecule has 0 amide bonds. The molecule has 2 saturated carbocycles. The Hall–Kier alpha value is -2.19. The van der Waals surface area contributed by atoms with Gasteiger partial charge in [0.25, 0.3) is 0 Å². The van der Waals surface area contributed by atoms with Gasteiger partial charge in [-0.2, -0.15) is 0 Å². The number of carbonyl (C=O) groups is 5. The molecule has 4 aliphatic carbocycles. The van der Waals surface area contributed by atoms with E-state index in [1.54, 1.807) is 0 Å². The quantitative estimate of drug-likeness (QED) is 0.473. The van der Waals surface area contributed by atoms with Crippen molar-refractivity contribution in [2.75, 3.05) is 0 Å². The minimum atomic E-state index is -1.62. The molecule has 4 aliphatic rings. The number of hydrogen-bond donors (Lipinski definition) is 3. The maximum atomic E-state index is 14.0. The van der Waals surface area contributed by atoms with Crippen LogP contribution in [0.15, 0.2) is 11.1 Å². The van der Waals surface area contributed by atoms with E-state index in [1.165, 1.54) is 13.8 Å². The number of aliphatic hydroxyl groups excluding tert-OH is 1. The Morgan fingerprint density at radius 2 is 1.66 bits per heavy atom. The maximum absolute atomic E-state index is 14.0. The van der Waals surface area contributed by atoms with Gasteiger partial charge in [-0.3, -0.25) is 24.0 Å². The predicted octanol–water partition coefficient (Wildman–Crippen LogP) is 3.45. The highest BCUT2D eigenvalue weighted by Gasteiger charge is 2.71. The first-order valence-corrected chi connectivity index (χ1v) is 13.7. The summed E-state index contributed by atoms with van der Waals surface area (Å²) in [5, 5.41) is 32.4. The highest BCUT2D eigenvalue weighted by Crippen LogP contribution is 2.71. The van der Waals surface area contributed by atoms with Crippen LogP contribution in [-0.2, 0) is 24.0 Å². The molecule has 0 aromatic rings. The molecule has 2 fully saturated rings. The number of rotatable bonds is 6. The largest absolute Gasteiger partial charge is 0.481 e. The van der Waals surface area contributed by atoms with Crippen molar-refractivity contribution in [1.82, 2.24) is 0 Å². The molecule has 0 spiro atoms. The second-order valence-corrected chi connectivity index (χ2v) is 14.0. The molecule has 0 aromatic carbocycles. The lowest BCUT2D eigenvalue weighted by molar-refractivity contribution is -0.150. The van der Waals surface area contributed by atoms with E-state index in [2.05, 4.69) is 0 Å². The zero-order chi connectivity index (χ0) is 28.8. The molecule has 8 heteroatoms. The van der Waals surface area contributed by atoms with Crippen molar-refractivity contribution >= 4 is 29.1 Å². The first kappa shape index (κ1) is 28.8. The Kier molecular flexibility index (Phi) is 6.56. The molecular formula is C30H42O8. The number of aliphatic carboxylic acids is 1. The summed E-state index contributed by atoms with van der Waals surface area (Å²) in [5.74, 6) is -3.71. The lowest BCUT2D eigenvalue weighted by Gasteiger charge is -2.59. The summed E-state index contributed by atoms with van der Waals surface area (Å²) in [7, 11) is 0. The van der Waals surface area contributed by atoms with Crippen LogP contribution in [0, 0.1) is 39.4 Å². The van der Waals surface area contributed by atoms with Crippen LogP contribution in [0.5, 0.6) is 0 Å². The minimum Gasteiger partial charge on any atom is -0.481 e. The van der Waals surface area contributed by atoms with E-state index in [4.69, 9.17) is 0 Å². The fourth-order valence-electron chi connectivity index (χ4n) is 8.97. The lowest BCUT2D eigenvalue weighted by atomic mass is 9.42. The van der Waals surface area contributed by atoms with Gasteiger partial charge in [-0.1, -0.05) is 41.5 Å².